The second-order valence-corrected chi connectivity index (χ2v) is 5.92. The van der Waals surface area contributed by atoms with Crippen molar-refractivity contribution in [1.82, 2.24) is 10.2 Å². The van der Waals surface area contributed by atoms with Crippen LogP contribution in [0.25, 0.3) is 0 Å². The molecule has 2 rings (SSSR count). The molecule has 2 N–H and O–H groups in total. The van der Waals surface area contributed by atoms with Gasteiger partial charge in [-0.05, 0) is 44.0 Å². The first-order valence-electron chi connectivity index (χ1n) is 8.69. The highest BCUT2D eigenvalue weighted by molar-refractivity contribution is 5.90. The summed E-state index contributed by atoms with van der Waals surface area (Å²) < 4.78 is 5.56. The maximum atomic E-state index is 12.1. The van der Waals surface area contributed by atoms with Gasteiger partial charge in [0.25, 0.3) is 0 Å². The van der Waals surface area contributed by atoms with Crippen molar-refractivity contribution in [1.29, 1.82) is 0 Å². The lowest BCUT2D eigenvalue weighted by Crippen LogP contribution is -2.32. The van der Waals surface area contributed by atoms with Crippen LogP contribution in [0.15, 0.2) is 24.3 Å². The number of nitrogens with one attached hydrogen (secondary N) is 2. The highest BCUT2D eigenvalue weighted by Gasteiger charge is 2.15. The third kappa shape index (κ3) is 5.84. The summed E-state index contributed by atoms with van der Waals surface area (Å²) in [5, 5.41) is 5.89. The second-order valence-electron chi connectivity index (χ2n) is 5.92. The molecule has 1 aromatic carbocycles. The Balaban J connectivity index is 1.82. The van der Waals surface area contributed by atoms with E-state index in [9.17, 15) is 4.79 Å². The smallest absolute Gasteiger partial charge is 0.319 e. The summed E-state index contributed by atoms with van der Waals surface area (Å²) in [5.41, 5.74) is 2.03. The summed E-state index contributed by atoms with van der Waals surface area (Å²) in [6.45, 7) is 8.65. The molecule has 1 atom stereocenters. The van der Waals surface area contributed by atoms with Gasteiger partial charge in [-0.15, -0.1) is 0 Å². The summed E-state index contributed by atoms with van der Waals surface area (Å²) in [4.78, 5) is 14.4. The Morgan fingerprint density at radius 3 is 2.78 bits per heavy atom. The Kier molecular flexibility index (Phi) is 7.36. The Labute approximate surface area is 139 Å². The third-order valence-corrected chi connectivity index (χ3v) is 4.33. The van der Waals surface area contributed by atoms with E-state index < -0.39 is 0 Å². The van der Waals surface area contributed by atoms with E-state index in [1.807, 2.05) is 18.2 Å². The fourth-order valence-electron chi connectivity index (χ4n) is 2.85. The molecule has 128 valence electrons. The number of nitrogens with zero attached hydrogens (tertiary/aromatic N) is 1. The van der Waals surface area contributed by atoms with Gasteiger partial charge in [-0.1, -0.05) is 32.0 Å². The van der Waals surface area contributed by atoms with Crippen LogP contribution in [0.4, 0.5) is 10.5 Å². The van der Waals surface area contributed by atoms with Crippen LogP contribution >= 0.6 is 0 Å². The van der Waals surface area contributed by atoms with Crippen molar-refractivity contribution < 1.29 is 9.53 Å². The summed E-state index contributed by atoms with van der Waals surface area (Å²) in [5.74, 6) is 0. The number of hydrogen-bond acceptors (Lipinski definition) is 3. The molecule has 2 amide bonds. The van der Waals surface area contributed by atoms with Crippen molar-refractivity contribution in [2.75, 3.05) is 31.6 Å². The largest absolute Gasteiger partial charge is 0.378 e. The number of amides is 2. The summed E-state index contributed by atoms with van der Waals surface area (Å²) in [7, 11) is 0. The minimum absolute atomic E-state index is 0.144. The van der Waals surface area contributed by atoms with Crippen molar-refractivity contribution >= 4 is 11.7 Å². The molecule has 5 nitrogen and oxygen atoms in total. The van der Waals surface area contributed by atoms with Crippen molar-refractivity contribution in [3.8, 4) is 0 Å². The quantitative estimate of drug-likeness (QED) is 0.773. The fourth-order valence-corrected chi connectivity index (χ4v) is 2.85. The molecule has 0 bridgehead atoms. The molecule has 5 heteroatoms. The maximum Gasteiger partial charge on any atom is 0.319 e. The molecule has 1 fully saturated rings. The van der Waals surface area contributed by atoms with Gasteiger partial charge in [-0.2, -0.15) is 0 Å². The minimum Gasteiger partial charge on any atom is -0.378 e. The molecular weight excluding hydrogens is 290 g/mol. The van der Waals surface area contributed by atoms with Gasteiger partial charge in [0.15, 0.2) is 0 Å². The van der Waals surface area contributed by atoms with E-state index in [0.29, 0.717) is 12.6 Å². The van der Waals surface area contributed by atoms with Crippen LogP contribution < -0.4 is 10.6 Å². The molecule has 0 spiro atoms. The lowest BCUT2D eigenvalue weighted by atomic mass is 10.1. The lowest BCUT2D eigenvalue weighted by Gasteiger charge is -2.20. The van der Waals surface area contributed by atoms with Gasteiger partial charge in [0.1, 0.15) is 0 Å². The van der Waals surface area contributed by atoms with Crippen molar-refractivity contribution in [2.24, 2.45) is 0 Å². The predicted octanol–water partition coefficient (Wildman–Crippen LogP) is 3.22. The van der Waals surface area contributed by atoms with E-state index in [1.54, 1.807) is 0 Å². The van der Waals surface area contributed by atoms with Gasteiger partial charge in [0.2, 0.25) is 0 Å². The third-order valence-electron chi connectivity index (χ3n) is 4.33. The van der Waals surface area contributed by atoms with E-state index in [4.69, 9.17) is 4.74 Å². The first kappa shape index (κ1) is 17.8. The molecule has 1 aromatic rings. The number of hydrogen-bond donors (Lipinski definition) is 2. The maximum absolute atomic E-state index is 12.1. The predicted molar refractivity (Wildman–Crippen MR) is 93.7 cm³/mol. The zero-order valence-electron chi connectivity index (χ0n) is 14.3. The zero-order chi connectivity index (χ0) is 16.5. The average Bonchev–Trinajstić information content (AvgIpc) is 3.07. The number of para-hydroxylation sites is 1. The van der Waals surface area contributed by atoms with Crippen LogP contribution in [0.5, 0.6) is 0 Å². The molecule has 1 aliphatic rings. The second kappa shape index (κ2) is 9.53. The van der Waals surface area contributed by atoms with E-state index >= 15 is 0 Å². The molecule has 0 saturated carbocycles. The number of carbonyl (C=O) groups is 1. The molecule has 1 aliphatic heterocycles. The van der Waals surface area contributed by atoms with Crippen molar-refractivity contribution in [2.45, 2.75) is 45.8 Å². The van der Waals surface area contributed by atoms with E-state index in [2.05, 4.69) is 35.4 Å². The van der Waals surface area contributed by atoms with Crippen LogP contribution in [0.3, 0.4) is 0 Å². The zero-order valence-corrected chi connectivity index (χ0v) is 14.3. The molecule has 1 unspecified atom stereocenters. The molecule has 0 radical (unpaired) electrons. The molecule has 1 heterocycles. The van der Waals surface area contributed by atoms with Crippen molar-refractivity contribution in [3.63, 3.8) is 0 Å². The first-order valence-corrected chi connectivity index (χ1v) is 8.69. The number of carbonyl (C=O) groups excluding carboxylic acids is 1. The van der Waals surface area contributed by atoms with Gasteiger partial charge in [0, 0.05) is 25.4 Å². The Hall–Kier alpha value is -1.59. The summed E-state index contributed by atoms with van der Waals surface area (Å²) in [6.07, 6.45) is 3.44. The topological polar surface area (TPSA) is 53.6 Å². The normalized spacial score (nSPS) is 17.4. The Morgan fingerprint density at radius 1 is 1.30 bits per heavy atom. The average molecular weight is 319 g/mol. The molecule has 23 heavy (non-hydrogen) atoms. The summed E-state index contributed by atoms with van der Waals surface area (Å²) >= 11 is 0. The van der Waals surface area contributed by atoms with Crippen LogP contribution in [-0.2, 0) is 11.3 Å². The first-order chi connectivity index (χ1) is 11.2. The number of ether oxygens (including phenoxy) is 1. The lowest BCUT2D eigenvalue weighted by molar-refractivity contribution is 0.105. The van der Waals surface area contributed by atoms with Gasteiger partial charge >= 0.3 is 6.03 Å². The number of rotatable bonds is 8. The van der Waals surface area contributed by atoms with Crippen LogP contribution in [0.1, 0.15) is 38.7 Å². The van der Waals surface area contributed by atoms with Gasteiger partial charge in [0.05, 0.1) is 6.10 Å². The monoisotopic (exact) mass is 319 g/mol. The highest BCUT2D eigenvalue weighted by Crippen LogP contribution is 2.17. The van der Waals surface area contributed by atoms with Crippen LogP contribution in [-0.4, -0.2) is 43.3 Å². The molecular formula is C18H29N3O2. The Morgan fingerprint density at radius 2 is 2.09 bits per heavy atom. The van der Waals surface area contributed by atoms with Gasteiger partial charge in [-0.25, -0.2) is 4.79 Å². The molecule has 0 aliphatic carbocycles. The van der Waals surface area contributed by atoms with Gasteiger partial charge < -0.3 is 15.4 Å². The fraction of sp³-hybridized carbons (Fsp3) is 0.611. The SMILES string of the molecule is CCN(CC)Cc1ccccc1NC(=O)NCCC1CCCO1. The highest BCUT2D eigenvalue weighted by atomic mass is 16.5. The van der Waals surface area contributed by atoms with Crippen LogP contribution in [0.2, 0.25) is 0 Å². The van der Waals surface area contributed by atoms with E-state index in [0.717, 1.165) is 56.8 Å². The van der Waals surface area contributed by atoms with E-state index in [-0.39, 0.29) is 6.03 Å². The molecule has 1 saturated heterocycles. The number of benzene rings is 1. The molecule has 0 aromatic heterocycles. The standard InChI is InChI=1S/C18H29N3O2/c1-3-21(4-2)14-15-8-5-6-10-17(15)20-18(22)19-12-11-16-9-7-13-23-16/h5-6,8,10,16H,3-4,7,9,11-14H2,1-2H3,(H2,19,20,22). The van der Waals surface area contributed by atoms with Crippen LogP contribution in [0, 0.1) is 0 Å². The number of anilines is 1. The Bertz CT molecular complexity index is 483. The van der Waals surface area contributed by atoms with E-state index in [1.165, 1.54) is 0 Å². The number of urea groups is 1. The van der Waals surface area contributed by atoms with Crippen molar-refractivity contribution in [3.05, 3.63) is 29.8 Å². The summed E-state index contributed by atoms with van der Waals surface area (Å²) in [6, 6.07) is 7.85. The minimum atomic E-state index is -0.144. The van der Waals surface area contributed by atoms with Gasteiger partial charge in [-0.3, -0.25) is 4.90 Å².